The Morgan fingerprint density at radius 2 is 2.47 bits per heavy atom. The highest BCUT2D eigenvalue weighted by Crippen LogP contribution is 2.27. The van der Waals surface area contributed by atoms with Crippen LogP contribution in [-0.2, 0) is 0 Å². The zero-order chi connectivity index (χ0) is 10.7. The van der Waals surface area contributed by atoms with Crippen LogP contribution in [0.2, 0.25) is 0 Å². The van der Waals surface area contributed by atoms with E-state index in [9.17, 15) is 0 Å². The molecule has 0 spiro atoms. The van der Waals surface area contributed by atoms with Gasteiger partial charge in [0.15, 0.2) is 0 Å². The Labute approximate surface area is 89.1 Å². The molecule has 0 saturated carbocycles. The van der Waals surface area contributed by atoms with E-state index in [1.165, 1.54) is 0 Å². The van der Waals surface area contributed by atoms with E-state index in [0.717, 1.165) is 31.5 Å². The van der Waals surface area contributed by atoms with Crippen molar-refractivity contribution < 1.29 is 0 Å². The predicted octanol–water partition coefficient (Wildman–Crippen LogP) is 1.00. The first-order chi connectivity index (χ1) is 7.33. The van der Waals surface area contributed by atoms with E-state index in [1.54, 1.807) is 6.20 Å². The number of nitrogens with one attached hydrogen (secondary N) is 1. The van der Waals surface area contributed by atoms with Crippen LogP contribution in [0, 0.1) is 11.3 Å². The summed E-state index contributed by atoms with van der Waals surface area (Å²) in [5.41, 5.74) is 7.27. The van der Waals surface area contributed by atoms with Gasteiger partial charge < -0.3 is 11.1 Å². The van der Waals surface area contributed by atoms with Gasteiger partial charge in [-0.05, 0) is 36.9 Å². The van der Waals surface area contributed by atoms with Crippen molar-refractivity contribution in [1.82, 2.24) is 10.3 Å². The number of rotatable bonds is 1. The van der Waals surface area contributed by atoms with Gasteiger partial charge in [-0.15, -0.1) is 0 Å². The lowest BCUT2D eigenvalue weighted by atomic mass is 9.89. The number of aromatic nitrogens is 1. The van der Waals surface area contributed by atoms with Gasteiger partial charge >= 0.3 is 0 Å². The molecule has 1 aliphatic heterocycles. The number of nitriles is 1. The van der Waals surface area contributed by atoms with Gasteiger partial charge in [0, 0.05) is 12.7 Å². The summed E-state index contributed by atoms with van der Waals surface area (Å²) >= 11 is 0. The van der Waals surface area contributed by atoms with Crippen LogP contribution in [-0.4, -0.2) is 18.1 Å². The highest BCUT2D eigenvalue weighted by atomic mass is 14.9. The van der Waals surface area contributed by atoms with Crippen molar-refractivity contribution in [3.63, 3.8) is 0 Å². The van der Waals surface area contributed by atoms with E-state index in [2.05, 4.69) is 16.4 Å². The molecule has 15 heavy (non-hydrogen) atoms. The number of hydrogen-bond donors (Lipinski definition) is 2. The van der Waals surface area contributed by atoms with Crippen LogP contribution in [0.1, 0.15) is 29.9 Å². The average molecular weight is 202 g/mol. The predicted molar refractivity (Wildman–Crippen MR) is 58.2 cm³/mol. The van der Waals surface area contributed by atoms with E-state index >= 15 is 0 Å². The molecule has 1 unspecified atom stereocenters. The highest BCUT2D eigenvalue weighted by Gasteiger charge is 2.19. The molecule has 1 aromatic rings. The van der Waals surface area contributed by atoms with Gasteiger partial charge in [0.2, 0.25) is 0 Å². The number of nitrogens with zero attached hydrogens (tertiary/aromatic N) is 2. The highest BCUT2D eigenvalue weighted by molar-refractivity contribution is 5.53. The molecule has 0 aromatic carbocycles. The van der Waals surface area contributed by atoms with Gasteiger partial charge in [0.05, 0.1) is 5.56 Å². The molecule has 1 saturated heterocycles. The summed E-state index contributed by atoms with van der Waals surface area (Å²) < 4.78 is 0. The van der Waals surface area contributed by atoms with Crippen LogP contribution in [0.3, 0.4) is 0 Å². The van der Waals surface area contributed by atoms with Gasteiger partial charge in [-0.1, -0.05) is 0 Å². The Bertz CT molecular complexity index is 388. The first-order valence-electron chi connectivity index (χ1n) is 5.18. The lowest BCUT2D eigenvalue weighted by Gasteiger charge is -2.23. The Balaban J connectivity index is 2.34. The molecule has 4 heteroatoms. The van der Waals surface area contributed by atoms with Crippen LogP contribution in [0.5, 0.6) is 0 Å². The summed E-state index contributed by atoms with van der Waals surface area (Å²) in [6.45, 7) is 2.00. The Kier molecular flexibility index (Phi) is 2.84. The minimum Gasteiger partial charge on any atom is -0.383 e. The maximum absolute atomic E-state index is 9.04. The van der Waals surface area contributed by atoms with Crippen molar-refractivity contribution >= 4 is 5.82 Å². The molecule has 0 aliphatic carbocycles. The fourth-order valence-electron chi connectivity index (χ4n) is 2.07. The van der Waals surface area contributed by atoms with Crippen molar-refractivity contribution in [1.29, 1.82) is 5.26 Å². The summed E-state index contributed by atoms with van der Waals surface area (Å²) in [6.07, 6.45) is 3.95. The number of hydrogen-bond acceptors (Lipinski definition) is 4. The number of anilines is 1. The Morgan fingerprint density at radius 1 is 1.60 bits per heavy atom. The topological polar surface area (TPSA) is 74.7 Å². The quantitative estimate of drug-likeness (QED) is 0.712. The maximum atomic E-state index is 9.04. The molecule has 2 heterocycles. The van der Waals surface area contributed by atoms with Crippen LogP contribution in [0.15, 0.2) is 12.3 Å². The van der Waals surface area contributed by atoms with E-state index in [0.29, 0.717) is 17.3 Å². The molecule has 0 bridgehead atoms. The molecule has 4 nitrogen and oxygen atoms in total. The molecule has 2 rings (SSSR count). The summed E-state index contributed by atoms with van der Waals surface area (Å²) in [5.74, 6) is 0.749. The zero-order valence-electron chi connectivity index (χ0n) is 8.53. The number of pyridine rings is 1. The first kappa shape index (κ1) is 9.94. The fourth-order valence-corrected chi connectivity index (χ4v) is 2.07. The largest absolute Gasteiger partial charge is 0.383 e. The number of piperidine rings is 1. The van der Waals surface area contributed by atoms with Gasteiger partial charge in [0.25, 0.3) is 0 Å². The molecular formula is C11H14N4. The lowest BCUT2D eigenvalue weighted by molar-refractivity contribution is 0.461. The van der Waals surface area contributed by atoms with E-state index in [1.807, 2.05) is 6.07 Å². The Morgan fingerprint density at radius 3 is 3.13 bits per heavy atom. The SMILES string of the molecule is N#Cc1c(C2CCCNC2)ccnc1N. The van der Waals surface area contributed by atoms with Gasteiger partial charge in [-0.25, -0.2) is 4.98 Å². The third kappa shape index (κ3) is 1.92. The fraction of sp³-hybridized carbons (Fsp3) is 0.455. The first-order valence-corrected chi connectivity index (χ1v) is 5.18. The average Bonchev–Trinajstić information content (AvgIpc) is 2.30. The van der Waals surface area contributed by atoms with Gasteiger partial charge in [-0.3, -0.25) is 0 Å². The second-order valence-corrected chi connectivity index (χ2v) is 3.82. The smallest absolute Gasteiger partial charge is 0.141 e. The molecule has 1 atom stereocenters. The monoisotopic (exact) mass is 202 g/mol. The van der Waals surface area contributed by atoms with E-state index in [-0.39, 0.29) is 0 Å². The van der Waals surface area contributed by atoms with Crippen molar-refractivity contribution in [2.45, 2.75) is 18.8 Å². The molecule has 1 aliphatic rings. The van der Waals surface area contributed by atoms with Gasteiger partial charge in [-0.2, -0.15) is 5.26 Å². The summed E-state index contributed by atoms with van der Waals surface area (Å²) in [5, 5.41) is 12.4. The summed E-state index contributed by atoms with van der Waals surface area (Å²) in [4.78, 5) is 3.94. The van der Waals surface area contributed by atoms with Crippen LogP contribution in [0.4, 0.5) is 5.82 Å². The molecule has 0 radical (unpaired) electrons. The molecule has 3 N–H and O–H groups in total. The van der Waals surface area contributed by atoms with Crippen LogP contribution >= 0.6 is 0 Å². The van der Waals surface area contributed by atoms with E-state index < -0.39 is 0 Å². The lowest BCUT2D eigenvalue weighted by Crippen LogP contribution is -2.28. The summed E-state index contributed by atoms with van der Waals surface area (Å²) in [6, 6.07) is 4.06. The third-order valence-corrected chi connectivity index (χ3v) is 2.86. The molecule has 0 amide bonds. The van der Waals surface area contributed by atoms with Crippen LogP contribution < -0.4 is 11.1 Å². The minimum absolute atomic E-state index is 0.348. The number of nitrogen functional groups attached to an aromatic ring is 1. The third-order valence-electron chi connectivity index (χ3n) is 2.86. The molecule has 1 aromatic heterocycles. The van der Waals surface area contributed by atoms with Gasteiger partial charge in [0.1, 0.15) is 11.9 Å². The second kappa shape index (κ2) is 4.28. The van der Waals surface area contributed by atoms with Crippen LogP contribution in [0.25, 0.3) is 0 Å². The minimum atomic E-state index is 0.348. The van der Waals surface area contributed by atoms with Crippen molar-refractivity contribution in [2.75, 3.05) is 18.8 Å². The molecule has 78 valence electrons. The van der Waals surface area contributed by atoms with Crippen molar-refractivity contribution in [3.8, 4) is 6.07 Å². The second-order valence-electron chi connectivity index (χ2n) is 3.82. The molecular weight excluding hydrogens is 188 g/mol. The summed E-state index contributed by atoms with van der Waals surface area (Å²) in [7, 11) is 0. The zero-order valence-corrected chi connectivity index (χ0v) is 8.53. The van der Waals surface area contributed by atoms with E-state index in [4.69, 9.17) is 11.0 Å². The Hall–Kier alpha value is -1.60. The van der Waals surface area contributed by atoms with Crippen molar-refractivity contribution in [3.05, 3.63) is 23.4 Å². The maximum Gasteiger partial charge on any atom is 0.141 e. The molecule has 1 fully saturated rings. The number of nitrogens with two attached hydrogens (primary N) is 1. The standard InChI is InChI=1S/C11H14N4/c12-6-10-9(3-5-15-11(10)13)8-2-1-4-14-7-8/h3,5,8,14H,1-2,4,7H2,(H2,13,15). The van der Waals surface area contributed by atoms with Crippen molar-refractivity contribution in [2.24, 2.45) is 0 Å². The normalized spacial score (nSPS) is 20.9.